The number of rotatable bonds is 5. The van der Waals surface area contributed by atoms with Crippen molar-refractivity contribution in [2.45, 2.75) is 20.4 Å². The average molecular weight is 306 g/mol. The van der Waals surface area contributed by atoms with Crippen LogP contribution in [0, 0.1) is 28.8 Å². The Morgan fingerprint density at radius 2 is 2.27 bits per heavy atom. The maximum absolute atomic E-state index is 13.2. The summed E-state index contributed by atoms with van der Waals surface area (Å²) in [6.45, 7) is 3.61. The molecule has 1 amide bonds. The monoisotopic (exact) mass is 306 g/mol. The molecular weight excluding hydrogens is 291 g/mol. The van der Waals surface area contributed by atoms with Crippen LogP contribution in [0.15, 0.2) is 30.6 Å². The van der Waals surface area contributed by atoms with Crippen LogP contribution in [-0.4, -0.2) is 20.6 Å². The van der Waals surface area contributed by atoms with Gasteiger partial charge in [-0.25, -0.2) is 4.39 Å². The molecule has 8 heteroatoms. The molecule has 0 bridgehead atoms. The molecule has 0 radical (unpaired) electrons. The molecule has 0 spiro atoms. The van der Waals surface area contributed by atoms with E-state index in [2.05, 4.69) is 10.4 Å². The number of amides is 1. The van der Waals surface area contributed by atoms with Crippen molar-refractivity contribution in [1.29, 1.82) is 0 Å². The first-order chi connectivity index (χ1) is 10.4. The minimum atomic E-state index is -0.551. The molecule has 2 aromatic rings. The molecule has 1 aromatic heterocycles. The molecule has 1 unspecified atom stereocenters. The van der Waals surface area contributed by atoms with E-state index in [0.717, 1.165) is 11.8 Å². The third kappa shape index (κ3) is 3.66. The van der Waals surface area contributed by atoms with E-state index in [9.17, 15) is 19.3 Å². The van der Waals surface area contributed by atoms with Gasteiger partial charge in [0.05, 0.1) is 17.4 Å². The molecule has 0 saturated heterocycles. The number of aromatic nitrogens is 2. The Bertz CT molecular complexity index is 714. The highest BCUT2D eigenvalue weighted by Crippen LogP contribution is 2.17. The number of halogens is 1. The fourth-order valence-corrected chi connectivity index (χ4v) is 1.90. The largest absolute Gasteiger partial charge is 0.325 e. The van der Waals surface area contributed by atoms with Crippen molar-refractivity contribution in [3.63, 3.8) is 0 Å². The lowest BCUT2D eigenvalue weighted by molar-refractivity contribution is -0.385. The van der Waals surface area contributed by atoms with Crippen LogP contribution in [-0.2, 0) is 11.3 Å². The highest BCUT2D eigenvalue weighted by molar-refractivity contribution is 5.92. The summed E-state index contributed by atoms with van der Waals surface area (Å²) in [5.41, 5.74) is 1.02. The zero-order chi connectivity index (χ0) is 16.3. The van der Waals surface area contributed by atoms with E-state index >= 15 is 0 Å². The smallest absolute Gasteiger partial charge is 0.306 e. The molecule has 116 valence electrons. The van der Waals surface area contributed by atoms with Crippen molar-refractivity contribution >= 4 is 17.3 Å². The molecular formula is C14H15FN4O3. The van der Waals surface area contributed by atoms with Gasteiger partial charge in [-0.3, -0.25) is 19.6 Å². The molecule has 2 rings (SSSR count). The maximum Gasteiger partial charge on any atom is 0.306 e. The van der Waals surface area contributed by atoms with Crippen molar-refractivity contribution in [2.75, 3.05) is 5.32 Å². The summed E-state index contributed by atoms with van der Waals surface area (Å²) in [6, 6.07) is 4.14. The molecule has 1 aromatic carbocycles. The minimum Gasteiger partial charge on any atom is -0.325 e. The van der Waals surface area contributed by atoms with Gasteiger partial charge < -0.3 is 5.32 Å². The van der Waals surface area contributed by atoms with E-state index in [0.29, 0.717) is 5.69 Å². The van der Waals surface area contributed by atoms with Gasteiger partial charge in [0.25, 0.3) is 0 Å². The predicted octanol–water partition coefficient (Wildman–Crippen LogP) is 2.51. The molecule has 0 fully saturated rings. The van der Waals surface area contributed by atoms with Gasteiger partial charge in [0.15, 0.2) is 0 Å². The van der Waals surface area contributed by atoms with Gasteiger partial charge in [0.1, 0.15) is 18.2 Å². The molecule has 0 aliphatic carbocycles. The van der Waals surface area contributed by atoms with E-state index in [1.54, 1.807) is 19.9 Å². The third-order valence-corrected chi connectivity index (χ3v) is 3.20. The Balaban J connectivity index is 2.02. The van der Waals surface area contributed by atoms with Crippen LogP contribution in [0.2, 0.25) is 0 Å². The molecule has 1 N–H and O–H groups in total. The lowest BCUT2D eigenvalue weighted by atomic mass is 10.1. The van der Waals surface area contributed by atoms with Crippen LogP contribution in [0.25, 0.3) is 0 Å². The van der Waals surface area contributed by atoms with E-state index in [-0.39, 0.29) is 18.1 Å². The highest BCUT2D eigenvalue weighted by atomic mass is 19.1. The number of hydrogen-bond donors (Lipinski definition) is 1. The van der Waals surface area contributed by atoms with Crippen LogP contribution >= 0.6 is 0 Å². The first-order valence-electron chi connectivity index (χ1n) is 6.60. The number of aryl methyl sites for hydroxylation is 1. The van der Waals surface area contributed by atoms with Crippen LogP contribution < -0.4 is 5.32 Å². The summed E-state index contributed by atoms with van der Waals surface area (Å²) >= 11 is 0. The van der Waals surface area contributed by atoms with Gasteiger partial charge in [-0.2, -0.15) is 5.10 Å². The number of hydrogen-bond acceptors (Lipinski definition) is 4. The van der Waals surface area contributed by atoms with E-state index < -0.39 is 16.7 Å². The van der Waals surface area contributed by atoms with Gasteiger partial charge in [0, 0.05) is 5.69 Å². The molecule has 0 aliphatic heterocycles. The number of benzene rings is 1. The van der Waals surface area contributed by atoms with Crippen molar-refractivity contribution in [2.24, 2.45) is 5.92 Å². The summed E-state index contributed by atoms with van der Waals surface area (Å²) in [7, 11) is 0. The Hall–Kier alpha value is -2.77. The van der Waals surface area contributed by atoms with Crippen molar-refractivity contribution < 1.29 is 14.1 Å². The van der Waals surface area contributed by atoms with Crippen LogP contribution in [0.1, 0.15) is 12.5 Å². The Morgan fingerprint density at radius 1 is 1.55 bits per heavy atom. The second-order valence-corrected chi connectivity index (χ2v) is 5.03. The molecule has 7 nitrogen and oxygen atoms in total. The normalized spacial score (nSPS) is 12.0. The van der Waals surface area contributed by atoms with E-state index in [1.165, 1.54) is 23.0 Å². The second-order valence-electron chi connectivity index (χ2n) is 5.03. The maximum atomic E-state index is 13.2. The van der Waals surface area contributed by atoms with E-state index in [1.807, 2.05) is 0 Å². The zero-order valence-electron chi connectivity index (χ0n) is 12.1. The number of carbonyl (C=O) groups excluding carboxylic acids is 1. The average Bonchev–Trinajstić information content (AvgIpc) is 2.91. The molecule has 1 atom stereocenters. The third-order valence-electron chi connectivity index (χ3n) is 3.20. The Kier molecular flexibility index (Phi) is 4.50. The summed E-state index contributed by atoms with van der Waals surface area (Å²) in [4.78, 5) is 22.1. The molecule has 0 saturated carbocycles. The standard InChI is InChI=1S/C14H15FN4O3/c1-9-3-4-11(15)5-13(9)17-14(20)10(2)7-18-8-12(6-16-18)19(21)22/h3-6,8,10H,7H2,1-2H3,(H,17,20). The number of nitro groups is 1. The van der Waals surface area contributed by atoms with Crippen molar-refractivity contribution in [1.82, 2.24) is 9.78 Å². The molecule has 1 heterocycles. The van der Waals surface area contributed by atoms with E-state index in [4.69, 9.17) is 0 Å². The first-order valence-corrected chi connectivity index (χ1v) is 6.60. The Labute approximate surface area is 125 Å². The summed E-state index contributed by atoms with van der Waals surface area (Å²) < 4.78 is 14.5. The number of nitrogens with zero attached hydrogens (tertiary/aromatic N) is 3. The fraction of sp³-hybridized carbons (Fsp3) is 0.286. The van der Waals surface area contributed by atoms with Gasteiger partial charge in [-0.15, -0.1) is 0 Å². The van der Waals surface area contributed by atoms with Crippen LogP contribution in [0.3, 0.4) is 0 Å². The van der Waals surface area contributed by atoms with Gasteiger partial charge in [-0.1, -0.05) is 13.0 Å². The minimum absolute atomic E-state index is 0.131. The quantitative estimate of drug-likeness (QED) is 0.679. The molecule has 22 heavy (non-hydrogen) atoms. The Morgan fingerprint density at radius 3 is 2.91 bits per heavy atom. The first kappa shape index (κ1) is 15.6. The number of nitrogens with one attached hydrogen (secondary N) is 1. The van der Waals surface area contributed by atoms with Crippen LogP contribution in [0.5, 0.6) is 0 Å². The lowest BCUT2D eigenvalue weighted by Crippen LogP contribution is -2.25. The molecule has 0 aliphatic rings. The number of anilines is 1. The second kappa shape index (κ2) is 6.33. The van der Waals surface area contributed by atoms with Crippen LogP contribution in [0.4, 0.5) is 15.8 Å². The lowest BCUT2D eigenvalue weighted by Gasteiger charge is -2.13. The highest BCUT2D eigenvalue weighted by Gasteiger charge is 2.17. The van der Waals surface area contributed by atoms with Crippen molar-refractivity contribution in [3.05, 3.63) is 52.1 Å². The summed E-state index contributed by atoms with van der Waals surface area (Å²) in [6.07, 6.45) is 2.39. The number of carbonyl (C=O) groups is 1. The summed E-state index contributed by atoms with van der Waals surface area (Å²) in [5, 5.41) is 17.1. The fourth-order valence-electron chi connectivity index (χ4n) is 1.90. The topological polar surface area (TPSA) is 90.1 Å². The SMILES string of the molecule is Cc1ccc(F)cc1NC(=O)C(C)Cn1cc([N+](=O)[O-])cn1. The van der Waals surface area contributed by atoms with Gasteiger partial charge in [0.2, 0.25) is 5.91 Å². The van der Waals surface area contributed by atoms with Gasteiger partial charge >= 0.3 is 5.69 Å². The predicted molar refractivity (Wildman–Crippen MR) is 77.8 cm³/mol. The van der Waals surface area contributed by atoms with Gasteiger partial charge in [-0.05, 0) is 24.6 Å². The zero-order valence-corrected chi connectivity index (χ0v) is 12.1. The summed E-state index contributed by atoms with van der Waals surface area (Å²) in [5.74, 6) is -1.23. The van der Waals surface area contributed by atoms with Crippen molar-refractivity contribution in [3.8, 4) is 0 Å².